The van der Waals surface area contributed by atoms with Crippen LogP contribution in [0.5, 0.6) is 0 Å². The van der Waals surface area contributed by atoms with Gasteiger partial charge in [0.15, 0.2) is 0 Å². The molecule has 36 heavy (non-hydrogen) atoms. The quantitative estimate of drug-likeness (QED) is 0.412. The fourth-order valence-corrected chi connectivity index (χ4v) is 5.33. The average molecular weight is 495 g/mol. The predicted octanol–water partition coefficient (Wildman–Crippen LogP) is 1.69. The molecule has 0 amide bonds. The molecule has 0 saturated carbocycles. The van der Waals surface area contributed by atoms with Crippen LogP contribution in [0.2, 0.25) is 0 Å². The summed E-state index contributed by atoms with van der Waals surface area (Å²) >= 11 is 0. The van der Waals surface area contributed by atoms with Gasteiger partial charge < -0.3 is 15.3 Å². The Morgan fingerprint density at radius 3 is 1.25 bits per heavy atom. The van der Waals surface area contributed by atoms with Crippen LogP contribution in [0.25, 0.3) is 21.5 Å². The Balaban J connectivity index is 1.60. The first kappa shape index (κ1) is 26.9. The molecule has 0 aromatic heterocycles. The molecule has 1 aliphatic heterocycles. The van der Waals surface area contributed by atoms with E-state index in [0.717, 1.165) is 58.9 Å². The molecule has 196 valence electrons. The number of benzene rings is 3. The number of aliphatic hydroxyl groups excluding tert-OH is 3. The molecule has 0 bridgehead atoms. The molecule has 1 aliphatic rings. The van der Waals surface area contributed by atoms with Gasteiger partial charge in [-0.25, -0.2) is 0 Å². The highest BCUT2D eigenvalue weighted by Crippen LogP contribution is 2.29. The third-order valence-electron chi connectivity index (χ3n) is 7.44. The molecule has 0 radical (unpaired) electrons. The van der Waals surface area contributed by atoms with Gasteiger partial charge in [0.05, 0.1) is 19.8 Å². The highest BCUT2D eigenvalue weighted by Gasteiger charge is 2.18. The van der Waals surface area contributed by atoms with Gasteiger partial charge in [-0.15, -0.1) is 0 Å². The number of rotatable bonds is 8. The SMILES string of the molecule is OCCN1CCN(CCO)CCN(Cc2c3ccccc3cc3ccccc23)CCN(CCO)CC1. The summed E-state index contributed by atoms with van der Waals surface area (Å²) in [5.41, 5.74) is 1.37. The zero-order valence-electron chi connectivity index (χ0n) is 21.4. The lowest BCUT2D eigenvalue weighted by molar-refractivity contribution is 0.103. The summed E-state index contributed by atoms with van der Waals surface area (Å²) in [7, 11) is 0. The molecule has 7 heteroatoms. The van der Waals surface area contributed by atoms with Crippen LogP contribution in [0.1, 0.15) is 5.56 Å². The topological polar surface area (TPSA) is 73.7 Å². The van der Waals surface area contributed by atoms with Crippen molar-refractivity contribution in [2.75, 3.05) is 91.8 Å². The minimum atomic E-state index is 0.146. The van der Waals surface area contributed by atoms with Gasteiger partial charge in [-0.2, -0.15) is 0 Å². The van der Waals surface area contributed by atoms with Gasteiger partial charge in [-0.1, -0.05) is 48.5 Å². The predicted molar refractivity (Wildman–Crippen MR) is 147 cm³/mol. The van der Waals surface area contributed by atoms with E-state index in [9.17, 15) is 15.3 Å². The number of hydrogen-bond acceptors (Lipinski definition) is 7. The van der Waals surface area contributed by atoms with E-state index in [1.807, 2.05) is 0 Å². The van der Waals surface area contributed by atoms with E-state index < -0.39 is 0 Å². The van der Waals surface area contributed by atoms with Crippen molar-refractivity contribution in [1.29, 1.82) is 0 Å². The van der Waals surface area contributed by atoms with Gasteiger partial charge in [-0.3, -0.25) is 19.6 Å². The number of β-amino-alcohol motifs (C(OH)–C–C–N with tert-alkyl or cyclic N) is 3. The Hall–Kier alpha value is -2.10. The maximum atomic E-state index is 9.67. The Morgan fingerprint density at radius 1 is 0.500 bits per heavy atom. The summed E-state index contributed by atoms with van der Waals surface area (Å²) in [6.07, 6.45) is 0. The zero-order chi connectivity index (χ0) is 25.2. The lowest BCUT2D eigenvalue weighted by Crippen LogP contribution is -2.47. The summed E-state index contributed by atoms with van der Waals surface area (Å²) in [4.78, 5) is 9.50. The van der Waals surface area contributed by atoms with E-state index in [0.29, 0.717) is 19.6 Å². The summed E-state index contributed by atoms with van der Waals surface area (Å²) in [6.45, 7) is 10.3. The van der Waals surface area contributed by atoms with E-state index in [1.165, 1.54) is 27.1 Å². The summed E-state index contributed by atoms with van der Waals surface area (Å²) < 4.78 is 0. The van der Waals surface area contributed by atoms with Crippen molar-refractivity contribution in [2.45, 2.75) is 6.54 Å². The Bertz CT molecular complexity index is 1000. The molecule has 0 aliphatic carbocycles. The van der Waals surface area contributed by atoms with Gasteiger partial charge in [0, 0.05) is 78.5 Å². The van der Waals surface area contributed by atoms with Crippen molar-refractivity contribution < 1.29 is 15.3 Å². The van der Waals surface area contributed by atoms with Crippen LogP contribution in [0, 0.1) is 0 Å². The van der Waals surface area contributed by atoms with E-state index in [4.69, 9.17) is 0 Å². The van der Waals surface area contributed by atoms with Crippen LogP contribution in [0.15, 0.2) is 54.6 Å². The van der Waals surface area contributed by atoms with Gasteiger partial charge in [0.2, 0.25) is 0 Å². The van der Waals surface area contributed by atoms with E-state index in [1.54, 1.807) is 0 Å². The molecular formula is C29H42N4O3. The number of aliphatic hydroxyl groups is 3. The Kier molecular flexibility index (Phi) is 10.5. The number of hydrogen-bond donors (Lipinski definition) is 3. The molecule has 0 atom stereocenters. The molecule has 1 heterocycles. The summed E-state index contributed by atoms with van der Waals surface area (Å²) in [5, 5.41) is 34.0. The number of nitrogens with zero attached hydrogens (tertiary/aromatic N) is 4. The molecule has 4 rings (SSSR count). The van der Waals surface area contributed by atoms with Crippen LogP contribution in [-0.2, 0) is 6.54 Å². The van der Waals surface area contributed by atoms with Gasteiger partial charge in [-0.05, 0) is 33.2 Å². The number of fused-ring (bicyclic) bond motifs is 2. The fraction of sp³-hybridized carbons (Fsp3) is 0.517. The Morgan fingerprint density at radius 2 is 0.861 bits per heavy atom. The Labute approximate surface area is 215 Å². The molecule has 7 nitrogen and oxygen atoms in total. The molecule has 1 fully saturated rings. The van der Waals surface area contributed by atoms with Crippen LogP contribution in [-0.4, -0.2) is 127 Å². The standard InChI is InChI=1S/C29H42N4O3/c34-20-17-30-9-11-31(18-21-35)13-15-33(16-14-32(12-10-30)19-22-36)24-29-27-7-3-1-5-25(27)23-26-6-2-4-8-28(26)29/h1-8,23,34-36H,9-22,24H2. The molecule has 3 N–H and O–H groups in total. The second-order valence-electron chi connectivity index (χ2n) is 9.77. The van der Waals surface area contributed by atoms with Crippen LogP contribution < -0.4 is 0 Å². The zero-order valence-corrected chi connectivity index (χ0v) is 21.4. The minimum absolute atomic E-state index is 0.146. The first-order valence-corrected chi connectivity index (χ1v) is 13.3. The smallest absolute Gasteiger partial charge is 0.0558 e. The van der Waals surface area contributed by atoms with Gasteiger partial charge >= 0.3 is 0 Å². The van der Waals surface area contributed by atoms with Crippen molar-refractivity contribution in [3.05, 3.63) is 60.2 Å². The summed E-state index contributed by atoms with van der Waals surface area (Å²) in [6, 6.07) is 19.6. The monoisotopic (exact) mass is 494 g/mol. The maximum Gasteiger partial charge on any atom is 0.0558 e. The highest BCUT2D eigenvalue weighted by atomic mass is 16.3. The molecule has 3 aromatic rings. The molecule has 0 unspecified atom stereocenters. The van der Waals surface area contributed by atoms with Crippen molar-refractivity contribution >= 4 is 21.5 Å². The van der Waals surface area contributed by atoms with E-state index in [-0.39, 0.29) is 19.8 Å². The van der Waals surface area contributed by atoms with E-state index >= 15 is 0 Å². The fourth-order valence-electron chi connectivity index (χ4n) is 5.33. The summed E-state index contributed by atoms with van der Waals surface area (Å²) in [5.74, 6) is 0. The average Bonchev–Trinajstić information content (AvgIpc) is 2.89. The van der Waals surface area contributed by atoms with Crippen molar-refractivity contribution in [3.8, 4) is 0 Å². The van der Waals surface area contributed by atoms with Crippen LogP contribution in [0.4, 0.5) is 0 Å². The van der Waals surface area contributed by atoms with Crippen molar-refractivity contribution in [1.82, 2.24) is 19.6 Å². The van der Waals surface area contributed by atoms with E-state index in [2.05, 4.69) is 74.2 Å². The van der Waals surface area contributed by atoms with Crippen LogP contribution in [0.3, 0.4) is 0 Å². The van der Waals surface area contributed by atoms with Crippen molar-refractivity contribution in [2.24, 2.45) is 0 Å². The second-order valence-corrected chi connectivity index (χ2v) is 9.77. The second kappa shape index (κ2) is 14.0. The third kappa shape index (κ3) is 7.23. The minimum Gasteiger partial charge on any atom is -0.395 e. The van der Waals surface area contributed by atoms with Crippen LogP contribution >= 0.6 is 0 Å². The molecule has 1 saturated heterocycles. The molecular weight excluding hydrogens is 452 g/mol. The molecule has 0 spiro atoms. The molecule has 3 aromatic carbocycles. The third-order valence-corrected chi connectivity index (χ3v) is 7.44. The first-order valence-electron chi connectivity index (χ1n) is 13.3. The lowest BCUT2D eigenvalue weighted by Gasteiger charge is -2.34. The van der Waals surface area contributed by atoms with Gasteiger partial charge in [0.25, 0.3) is 0 Å². The lowest BCUT2D eigenvalue weighted by atomic mass is 9.96. The highest BCUT2D eigenvalue weighted by molar-refractivity contribution is 6.02. The normalized spacial score (nSPS) is 18.4. The first-order chi connectivity index (χ1) is 17.7. The van der Waals surface area contributed by atoms with Crippen molar-refractivity contribution in [3.63, 3.8) is 0 Å². The maximum absolute atomic E-state index is 9.67. The largest absolute Gasteiger partial charge is 0.395 e. The van der Waals surface area contributed by atoms with Gasteiger partial charge in [0.1, 0.15) is 0 Å².